The number of ether oxygens (including phenoxy) is 2. The van der Waals surface area contributed by atoms with Gasteiger partial charge in [0.05, 0.1) is 52.0 Å². The molecule has 3 aromatic heterocycles. The van der Waals surface area contributed by atoms with Crippen LogP contribution in [-0.4, -0.2) is 73.7 Å². The van der Waals surface area contributed by atoms with Gasteiger partial charge in [-0.05, 0) is 102 Å². The number of carbonyl (C=O) groups is 1. The second kappa shape index (κ2) is 12.6. The van der Waals surface area contributed by atoms with Crippen LogP contribution in [0.5, 0.6) is 0 Å². The van der Waals surface area contributed by atoms with E-state index in [9.17, 15) is 9.90 Å². The summed E-state index contributed by atoms with van der Waals surface area (Å²) in [6.07, 6.45) is 0.927. The molecule has 0 unspecified atom stereocenters. The van der Waals surface area contributed by atoms with Gasteiger partial charge in [0.15, 0.2) is 6.10 Å². The van der Waals surface area contributed by atoms with E-state index in [2.05, 4.69) is 22.6 Å². The Labute approximate surface area is 283 Å². The number of hydrogen-bond donors (Lipinski definition) is 1. The number of nitrogens with zero attached hydrogens (tertiary/aromatic N) is 5. The second-order valence-corrected chi connectivity index (χ2v) is 15.0. The molecule has 7 rings (SSSR count). The summed E-state index contributed by atoms with van der Waals surface area (Å²) in [5.74, 6) is -0.695. The van der Waals surface area contributed by atoms with Crippen LogP contribution in [0.25, 0.3) is 43.1 Å². The summed E-state index contributed by atoms with van der Waals surface area (Å²) in [5.41, 5.74) is 6.99. The standard InChI is InChI=1S/C36H40ClN5O4S/c1-6-42-27-12-11-25(38-31(27)30(40-42)22-13-15-41(16-14-22)24-18-45-19-24)34-39-26-17-20(2)28(32(35(43)44)46-36(3,4)5)29(33(26)47-34)21-7-9-23(37)10-8-21/h7-12,17,22,24,32H,6,13-16,18-19H2,1-5H3,(H,43,44)/t32-/m0/s1. The van der Waals surface area contributed by atoms with E-state index in [0.717, 1.165) is 100 Å². The molecule has 2 aliphatic rings. The smallest absolute Gasteiger partial charge is 0.337 e. The number of halogens is 1. The van der Waals surface area contributed by atoms with Crippen molar-refractivity contribution in [1.29, 1.82) is 0 Å². The molecule has 0 amide bonds. The predicted octanol–water partition coefficient (Wildman–Crippen LogP) is 7.88. The molecule has 9 nitrogen and oxygen atoms in total. The van der Waals surface area contributed by atoms with Gasteiger partial charge >= 0.3 is 5.97 Å². The minimum absolute atomic E-state index is 0.346. The fourth-order valence-electron chi connectivity index (χ4n) is 6.84. The molecule has 2 aromatic carbocycles. The number of fused-ring (bicyclic) bond motifs is 2. The molecule has 2 aliphatic heterocycles. The molecule has 1 N–H and O–H groups in total. The minimum Gasteiger partial charge on any atom is -0.479 e. The Hall–Kier alpha value is -3.41. The fourth-order valence-corrected chi connectivity index (χ4v) is 8.06. The van der Waals surface area contributed by atoms with Gasteiger partial charge in [-0.3, -0.25) is 9.58 Å². The van der Waals surface area contributed by atoms with Gasteiger partial charge in [-0.15, -0.1) is 11.3 Å². The maximum absolute atomic E-state index is 12.7. The van der Waals surface area contributed by atoms with E-state index in [1.54, 1.807) is 0 Å². The molecule has 5 aromatic rings. The predicted molar refractivity (Wildman–Crippen MR) is 186 cm³/mol. The Morgan fingerprint density at radius 3 is 2.47 bits per heavy atom. The van der Waals surface area contributed by atoms with Gasteiger partial charge in [-0.1, -0.05) is 23.7 Å². The molecule has 0 aliphatic carbocycles. The number of carboxylic acid groups (broad SMARTS) is 1. The van der Waals surface area contributed by atoms with E-state index < -0.39 is 17.7 Å². The first-order chi connectivity index (χ1) is 22.5. The molecule has 5 heterocycles. The van der Waals surface area contributed by atoms with Crippen LogP contribution < -0.4 is 0 Å². The summed E-state index contributed by atoms with van der Waals surface area (Å²) < 4.78 is 14.6. The lowest BCUT2D eigenvalue weighted by Gasteiger charge is -2.41. The number of rotatable bonds is 8. The van der Waals surface area contributed by atoms with Crippen molar-refractivity contribution in [3.05, 3.63) is 64.3 Å². The molecule has 0 spiro atoms. The molecule has 0 radical (unpaired) electrons. The van der Waals surface area contributed by atoms with Crippen molar-refractivity contribution in [3.63, 3.8) is 0 Å². The molecule has 0 saturated carbocycles. The zero-order valence-electron chi connectivity index (χ0n) is 27.4. The van der Waals surface area contributed by atoms with Crippen LogP contribution in [0, 0.1) is 6.92 Å². The van der Waals surface area contributed by atoms with Crippen molar-refractivity contribution in [2.24, 2.45) is 0 Å². The van der Waals surface area contributed by atoms with Crippen molar-refractivity contribution in [2.45, 2.75) is 77.7 Å². The van der Waals surface area contributed by atoms with Crippen LogP contribution in [0.2, 0.25) is 5.02 Å². The fraction of sp³-hybridized carbons (Fsp3) is 0.444. The van der Waals surface area contributed by atoms with Gasteiger partial charge in [-0.25, -0.2) is 14.8 Å². The van der Waals surface area contributed by atoms with E-state index in [4.69, 9.17) is 36.1 Å². The second-order valence-electron chi connectivity index (χ2n) is 13.6. The molecular formula is C36H40ClN5O4S. The molecule has 11 heteroatoms. The molecule has 47 heavy (non-hydrogen) atoms. The third-order valence-corrected chi connectivity index (χ3v) is 10.6. The highest BCUT2D eigenvalue weighted by Gasteiger charge is 2.34. The topological polar surface area (TPSA) is 103 Å². The van der Waals surface area contributed by atoms with E-state index in [0.29, 0.717) is 22.5 Å². The number of aliphatic carboxylic acids is 1. The molecular weight excluding hydrogens is 634 g/mol. The first kappa shape index (κ1) is 32.2. The first-order valence-corrected chi connectivity index (χ1v) is 17.5. The number of piperidine rings is 1. The van der Waals surface area contributed by atoms with Gasteiger partial charge in [0.1, 0.15) is 10.5 Å². The quantitative estimate of drug-likeness (QED) is 0.178. The van der Waals surface area contributed by atoms with Crippen LogP contribution >= 0.6 is 22.9 Å². The summed E-state index contributed by atoms with van der Waals surface area (Å²) in [7, 11) is 0. The van der Waals surface area contributed by atoms with Crippen molar-refractivity contribution in [3.8, 4) is 21.8 Å². The average molecular weight is 674 g/mol. The Morgan fingerprint density at radius 1 is 1.13 bits per heavy atom. The van der Waals surface area contributed by atoms with Crippen LogP contribution in [0.15, 0.2) is 42.5 Å². The summed E-state index contributed by atoms with van der Waals surface area (Å²) in [6, 6.07) is 14.1. The Bertz CT molecular complexity index is 1950. The number of hydrogen-bond acceptors (Lipinski definition) is 8. The molecule has 246 valence electrons. The van der Waals surface area contributed by atoms with Crippen LogP contribution in [0.3, 0.4) is 0 Å². The molecule has 0 bridgehead atoms. The summed E-state index contributed by atoms with van der Waals surface area (Å²) in [5, 5.41) is 16.9. The zero-order chi connectivity index (χ0) is 33.0. The van der Waals surface area contributed by atoms with E-state index >= 15 is 0 Å². The average Bonchev–Trinajstić information content (AvgIpc) is 3.60. The SMILES string of the molecule is CCn1nc(C2CCN(C3COC3)CC2)c2nc(-c3nc4cc(C)c([C@H](OC(C)(C)C)C(=O)O)c(-c5ccc(Cl)cc5)c4s3)ccc21. The number of aryl methyl sites for hydroxylation is 2. The normalized spacial score (nSPS) is 17.4. The van der Waals surface area contributed by atoms with E-state index in [1.165, 1.54) is 11.3 Å². The summed E-state index contributed by atoms with van der Waals surface area (Å²) >= 11 is 7.80. The Morgan fingerprint density at radius 2 is 1.85 bits per heavy atom. The largest absolute Gasteiger partial charge is 0.479 e. The number of carboxylic acids is 1. The third-order valence-electron chi connectivity index (χ3n) is 9.21. The van der Waals surface area contributed by atoms with Crippen LogP contribution in [-0.2, 0) is 20.8 Å². The number of likely N-dealkylation sites (tertiary alicyclic amines) is 1. The van der Waals surface area contributed by atoms with E-state index in [1.807, 2.05) is 64.1 Å². The monoisotopic (exact) mass is 673 g/mol. The van der Waals surface area contributed by atoms with Crippen molar-refractivity contribution >= 4 is 50.2 Å². The van der Waals surface area contributed by atoms with E-state index in [-0.39, 0.29) is 0 Å². The van der Waals surface area contributed by atoms with Crippen molar-refractivity contribution in [2.75, 3.05) is 26.3 Å². The Balaban J connectivity index is 1.34. The Kier molecular flexibility index (Phi) is 8.59. The third kappa shape index (κ3) is 6.18. The lowest BCUT2D eigenvalue weighted by molar-refractivity contribution is -0.160. The molecule has 2 saturated heterocycles. The van der Waals surface area contributed by atoms with Crippen molar-refractivity contribution < 1.29 is 19.4 Å². The highest BCUT2D eigenvalue weighted by Crippen LogP contribution is 2.44. The molecule has 2 fully saturated rings. The minimum atomic E-state index is -1.17. The van der Waals surface area contributed by atoms with Gasteiger partial charge in [0.25, 0.3) is 0 Å². The van der Waals surface area contributed by atoms with Crippen LogP contribution in [0.4, 0.5) is 0 Å². The van der Waals surface area contributed by atoms with Crippen LogP contribution in [0.1, 0.15) is 69.4 Å². The maximum atomic E-state index is 12.7. The number of aromatic nitrogens is 4. The number of thiazole rings is 1. The van der Waals surface area contributed by atoms with Gasteiger partial charge in [0, 0.05) is 28.6 Å². The number of benzene rings is 2. The highest BCUT2D eigenvalue weighted by atomic mass is 35.5. The maximum Gasteiger partial charge on any atom is 0.337 e. The van der Waals surface area contributed by atoms with Gasteiger partial charge in [0.2, 0.25) is 0 Å². The number of pyridine rings is 1. The summed E-state index contributed by atoms with van der Waals surface area (Å²) in [6.45, 7) is 14.2. The zero-order valence-corrected chi connectivity index (χ0v) is 29.0. The first-order valence-electron chi connectivity index (χ1n) is 16.3. The molecule has 1 atom stereocenters. The van der Waals surface area contributed by atoms with Gasteiger partial charge in [-0.2, -0.15) is 5.10 Å². The van der Waals surface area contributed by atoms with Crippen molar-refractivity contribution in [1.82, 2.24) is 24.6 Å². The lowest BCUT2D eigenvalue weighted by atomic mass is 9.91. The van der Waals surface area contributed by atoms with Gasteiger partial charge < -0.3 is 14.6 Å². The lowest BCUT2D eigenvalue weighted by Crippen LogP contribution is -2.51. The highest BCUT2D eigenvalue weighted by molar-refractivity contribution is 7.22. The summed E-state index contributed by atoms with van der Waals surface area (Å²) in [4.78, 5) is 25.6.